The molecule has 0 bridgehead atoms. The van der Waals surface area contributed by atoms with Crippen LogP contribution in [0, 0.1) is 11.7 Å². The molecule has 1 fully saturated rings. The molecule has 214 valence electrons. The number of ether oxygens (including phenoxy) is 2. The van der Waals surface area contributed by atoms with E-state index >= 15 is 0 Å². The molecule has 0 aromatic heterocycles. The molecule has 3 rings (SSSR count). The number of carbonyl (C=O) groups is 2. The summed E-state index contributed by atoms with van der Waals surface area (Å²) in [4.78, 5) is 23.9. The van der Waals surface area contributed by atoms with Gasteiger partial charge in [-0.1, -0.05) is 44.2 Å². The van der Waals surface area contributed by atoms with Gasteiger partial charge in [0.05, 0.1) is 35.9 Å². The third kappa shape index (κ3) is 8.99. The first-order valence-electron chi connectivity index (χ1n) is 12.8. The minimum Gasteiger partial charge on any atom is -0.444 e. The van der Waals surface area contributed by atoms with Crippen molar-refractivity contribution in [2.75, 3.05) is 31.6 Å². The highest BCUT2D eigenvalue weighted by Crippen LogP contribution is 2.24. The van der Waals surface area contributed by atoms with E-state index in [0.717, 1.165) is 28.1 Å². The van der Waals surface area contributed by atoms with Crippen LogP contribution in [-0.4, -0.2) is 74.4 Å². The van der Waals surface area contributed by atoms with Crippen molar-refractivity contribution in [3.05, 3.63) is 59.9 Å². The third-order valence-electron chi connectivity index (χ3n) is 6.07. The summed E-state index contributed by atoms with van der Waals surface area (Å²) in [6.07, 6.45) is -1.66. The molecular formula is C27H36FN3O7S. The van der Waals surface area contributed by atoms with Gasteiger partial charge in [0.15, 0.2) is 0 Å². The Kier molecular flexibility index (Phi) is 10.8. The molecular weight excluding hydrogens is 529 g/mol. The fraction of sp³-hybridized carbons (Fsp3) is 0.481. The minimum atomic E-state index is -4.22. The van der Waals surface area contributed by atoms with E-state index in [2.05, 4.69) is 10.6 Å². The third-order valence-corrected chi connectivity index (χ3v) is 7.90. The Morgan fingerprint density at radius 2 is 1.90 bits per heavy atom. The molecule has 2 amide bonds. The monoisotopic (exact) mass is 565 g/mol. The Bertz CT molecular complexity index is 1220. The van der Waals surface area contributed by atoms with E-state index in [4.69, 9.17) is 9.47 Å². The number of nitrogens with zero attached hydrogens (tertiary/aromatic N) is 1. The number of hydrogen-bond donors (Lipinski definition) is 3. The van der Waals surface area contributed by atoms with Crippen LogP contribution in [0.5, 0.6) is 0 Å². The molecule has 0 saturated carbocycles. The first kappa shape index (κ1) is 30.5. The van der Waals surface area contributed by atoms with Gasteiger partial charge in [0.25, 0.3) is 0 Å². The molecule has 0 aliphatic carbocycles. The van der Waals surface area contributed by atoms with Gasteiger partial charge < -0.3 is 25.2 Å². The molecule has 39 heavy (non-hydrogen) atoms. The molecule has 12 heteroatoms. The van der Waals surface area contributed by atoms with Gasteiger partial charge >= 0.3 is 6.09 Å². The number of carbonyl (C=O) groups excluding carboxylic acids is 2. The fourth-order valence-electron chi connectivity index (χ4n) is 4.21. The van der Waals surface area contributed by atoms with Gasteiger partial charge in [-0.15, -0.1) is 0 Å². The highest BCUT2D eigenvalue weighted by atomic mass is 32.2. The molecule has 3 N–H and O–H groups in total. The molecule has 2 aromatic rings. The van der Waals surface area contributed by atoms with Crippen LogP contribution in [0.15, 0.2) is 53.4 Å². The summed E-state index contributed by atoms with van der Waals surface area (Å²) in [7, 11) is -4.22. The molecule has 1 unspecified atom stereocenters. The maximum absolute atomic E-state index is 14.2. The van der Waals surface area contributed by atoms with Gasteiger partial charge in [0.2, 0.25) is 15.9 Å². The number of aliphatic hydroxyl groups is 1. The summed E-state index contributed by atoms with van der Waals surface area (Å²) >= 11 is 0. The summed E-state index contributed by atoms with van der Waals surface area (Å²) in [5.41, 5.74) is 0.554. The smallest absolute Gasteiger partial charge is 0.407 e. The van der Waals surface area contributed by atoms with Crippen LogP contribution in [0.1, 0.15) is 32.8 Å². The summed E-state index contributed by atoms with van der Waals surface area (Å²) in [5.74, 6) is -1.45. The summed E-state index contributed by atoms with van der Waals surface area (Å²) in [6.45, 7) is 5.31. The number of benzene rings is 2. The molecule has 10 nitrogen and oxygen atoms in total. The number of nitrogens with one attached hydrogen (secondary N) is 2. The molecule has 0 radical (unpaired) electrons. The lowest BCUT2D eigenvalue weighted by Crippen LogP contribution is -2.51. The first-order valence-corrected chi connectivity index (χ1v) is 14.2. The molecule has 1 aliphatic rings. The highest BCUT2D eigenvalue weighted by molar-refractivity contribution is 7.89. The van der Waals surface area contributed by atoms with Crippen LogP contribution in [-0.2, 0) is 30.7 Å². The zero-order valence-electron chi connectivity index (χ0n) is 22.3. The van der Waals surface area contributed by atoms with E-state index in [-0.39, 0.29) is 42.6 Å². The van der Waals surface area contributed by atoms with E-state index < -0.39 is 46.1 Å². The van der Waals surface area contributed by atoms with Crippen LogP contribution in [0.3, 0.4) is 0 Å². The fourth-order valence-corrected chi connectivity index (χ4v) is 5.86. The molecule has 1 aliphatic heterocycles. The second kappa shape index (κ2) is 13.8. The Labute approximate surface area is 228 Å². The number of alkyl carbamates (subject to hydrolysis) is 1. The predicted molar refractivity (Wildman–Crippen MR) is 143 cm³/mol. The molecule has 1 heterocycles. The van der Waals surface area contributed by atoms with Crippen molar-refractivity contribution in [3.8, 4) is 0 Å². The normalized spacial score (nSPS) is 17.2. The highest BCUT2D eigenvalue weighted by Gasteiger charge is 2.32. The SMILES string of the molecule is CC(=O)Nc1cc(S(=O)(=O)N(CC(C)C)C[C@@H](O)[C@H](Cc2ccccc2)NC(=O)OC2CCOC2)ccc1F. The Balaban J connectivity index is 1.85. The van der Waals surface area contributed by atoms with Crippen LogP contribution in [0.25, 0.3) is 0 Å². The Hall–Kier alpha value is -3.06. The minimum absolute atomic E-state index is 0.0498. The maximum Gasteiger partial charge on any atom is 0.407 e. The van der Waals surface area contributed by atoms with Gasteiger partial charge in [-0.05, 0) is 36.1 Å². The quantitative estimate of drug-likeness (QED) is 0.360. The number of sulfonamides is 1. The van der Waals surface area contributed by atoms with Gasteiger partial charge in [-0.25, -0.2) is 17.6 Å². The zero-order valence-corrected chi connectivity index (χ0v) is 23.1. The standard InChI is InChI=1S/C27H36FN3O7S/c1-18(2)15-31(39(35,36)22-9-10-23(28)24(14-22)29-19(3)32)16-26(33)25(13-20-7-5-4-6-8-20)30-27(34)38-21-11-12-37-17-21/h4-10,14,18,21,25-26,33H,11-13,15-17H2,1-3H3,(H,29,32)(H,30,34)/t21?,25-,26+/m0/s1. The maximum atomic E-state index is 14.2. The van der Waals surface area contributed by atoms with Crippen molar-refractivity contribution in [3.63, 3.8) is 0 Å². The molecule has 1 saturated heterocycles. The van der Waals surface area contributed by atoms with Gasteiger partial charge in [-0.3, -0.25) is 4.79 Å². The van der Waals surface area contributed by atoms with Crippen LogP contribution in [0.2, 0.25) is 0 Å². The lowest BCUT2D eigenvalue weighted by molar-refractivity contribution is -0.114. The zero-order chi connectivity index (χ0) is 28.6. The summed E-state index contributed by atoms with van der Waals surface area (Å²) in [6, 6.07) is 11.4. The second-order valence-electron chi connectivity index (χ2n) is 9.94. The lowest BCUT2D eigenvalue weighted by Gasteiger charge is -2.31. The summed E-state index contributed by atoms with van der Waals surface area (Å²) in [5, 5.41) is 16.3. The topological polar surface area (TPSA) is 134 Å². The number of aliphatic hydroxyl groups excluding tert-OH is 1. The Morgan fingerprint density at radius 1 is 1.18 bits per heavy atom. The summed E-state index contributed by atoms with van der Waals surface area (Å²) < 4.78 is 53.2. The average Bonchev–Trinajstić information content (AvgIpc) is 3.37. The van der Waals surface area contributed by atoms with Gasteiger partial charge in [0.1, 0.15) is 11.9 Å². The number of amides is 2. The van der Waals surface area contributed by atoms with Crippen molar-refractivity contribution in [1.82, 2.24) is 9.62 Å². The van der Waals surface area contributed by atoms with Gasteiger partial charge in [-0.2, -0.15) is 4.31 Å². The number of halogens is 1. The first-order chi connectivity index (χ1) is 18.5. The van der Waals surface area contributed by atoms with Crippen LogP contribution in [0.4, 0.5) is 14.9 Å². The van der Waals surface area contributed by atoms with Crippen molar-refractivity contribution in [2.24, 2.45) is 5.92 Å². The van der Waals surface area contributed by atoms with Crippen LogP contribution >= 0.6 is 0 Å². The van der Waals surface area contributed by atoms with Crippen LogP contribution < -0.4 is 10.6 Å². The molecule has 2 aromatic carbocycles. The largest absolute Gasteiger partial charge is 0.444 e. The average molecular weight is 566 g/mol. The van der Waals surface area contributed by atoms with E-state index in [0.29, 0.717) is 13.0 Å². The number of anilines is 1. The van der Waals surface area contributed by atoms with Crippen molar-refractivity contribution >= 4 is 27.7 Å². The van der Waals surface area contributed by atoms with Crippen molar-refractivity contribution in [2.45, 2.75) is 56.8 Å². The van der Waals surface area contributed by atoms with E-state index in [1.54, 1.807) is 0 Å². The van der Waals surface area contributed by atoms with Crippen molar-refractivity contribution < 1.29 is 37.0 Å². The molecule has 0 spiro atoms. The van der Waals surface area contributed by atoms with E-state index in [1.807, 2.05) is 44.2 Å². The van der Waals surface area contributed by atoms with E-state index in [9.17, 15) is 27.5 Å². The van der Waals surface area contributed by atoms with Gasteiger partial charge in [0, 0.05) is 26.4 Å². The van der Waals surface area contributed by atoms with E-state index in [1.165, 1.54) is 6.92 Å². The number of rotatable bonds is 12. The predicted octanol–water partition coefficient (Wildman–Crippen LogP) is 2.92. The Morgan fingerprint density at radius 3 is 2.51 bits per heavy atom. The second-order valence-corrected chi connectivity index (χ2v) is 11.9. The number of hydrogen-bond acceptors (Lipinski definition) is 7. The lowest BCUT2D eigenvalue weighted by atomic mass is 10.0. The van der Waals surface area contributed by atoms with Crippen molar-refractivity contribution in [1.29, 1.82) is 0 Å². The molecule has 3 atom stereocenters.